The van der Waals surface area contributed by atoms with Crippen LogP contribution in [0, 0.1) is 0 Å². The molecule has 1 aliphatic rings. The van der Waals surface area contributed by atoms with Crippen molar-refractivity contribution in [2.45, 2.75) is 58.3 Å². The minimum Gasteiger partial charge on any atom is -0.463 e. The number of ether oxygens (including phenoxy) is 5. The molecule has 26 heavy (non-hydrogen) atoms. The van der Waals surface area contributed by atoms with Crippen LogP contribution < -0.4 is 0 Å². The predicted molar refractivity (Wildman–Crippen MR) is 81.1 cm³/mol. The monoisotopic (exact) mass is 373 g/mol. The van der Waals surface area contributed by atoms with Gasteiger partial charge < -0.3 is 23.7 Å². The molecule has 144 valence electrons. The highest BCUT2D eigenvalue weighted by Crippen LogP contribution is 2.29. The summed E-state index contributed by atoms with van der Waals surface area (Å²) >= 11 is 0. The van der Waals surface area contributed by atoms with Gasteiger partial charge in [0.25, 0.3) is 0 Å². The molecular formula is C14H19N3O9. The smallest absolute Gasteiger partial charge is 0.304 e. The third-order valence-corrected chi connectivity index (χ3v) is 3.14. The number of azide groups is 1. The van der Waals surface area contributed by atoms with Gasteiger partial charge in [0, 0.05) is 32.6 Å². The Morgan fingerprint density at radius 3 is 1.92 bits per heavy atom. The minimum absolute atomic E-state index is 0.383. The summed E-state index contributed by atoms with van der Waals surface area (Å²) < 4.78 is 25.5. The lowest BCUT2D eigenvalue weighted by molar-refractivity contribution is -0.267. The fraction of sp³-hybridized carbons (Fsp3) is 0.714. The van der Waals surface area contributed by atoms with Gasteiger partial charge in [-0.25, -0.2) is 0 Å². The second-order valence-corrected chi connectivity index (χ2v) is 5.30. The summed E-state index contributed by atoms with van der Waals surface area (Å²) in [5.74, 6) is -2.90. The molecule has 1 aliphatic heterocycles. The molecule has 0 N–H and O–H groups in total. The van der Waals surface area contributed by atoms with E-state index in [0.717, 1.165) is 27.7 Å². The van der Waals surface area contributed by atoms with Crippen LogP contribution in [0.2, 0.25) is 0 Å². The molecule has 1 heterocycles. The number of nitrogens with zero attached hydrogens (tertiary/aromatic N) is 3. The maximum atomic E-state index is 11.5. The summed E-state index contributed by atoms with van der Waals surface area (Å²) in [4.78, 5) is 47.9. The van der Waals surface area contributed by atoms with Gasteiger partial charge in [0.15, 0.2) is 12.2 Å². The van der Waals surface area contributed by atoms with Gasteiger partial charge >= 0.3 is 23.9 Å². The Morgan fingerprint density at radius 2 is 1.46 bits per heavy atom. The van der Waals surface area contributed by atoms with E-state index >= 15 is 0 Å². The number of hydrogen-bond acceptors (Lipinski definition) is 10. The number of carbonyl (C=O) groups is 4. The van der Waals surface area contributed by atoms with E-state index in [4.69, 9.17) is 29.2 Å². The van der Waals surface area contributed by atoms with Crippen LogP contribution in [0.1, 0.15) is 27.7 Å². The highest BCUT2D eigenvalue weighted by molar-refractivity contribution is 5.68. The van der Waals surface area contributed by atoms with E-state index in [-0.39, 0.29) is 6.61 Å². The summed E-state index contributed by atoms with van der Waals surface area (Å²) in [6, 6.07) is -1.33. The van der Waals surface area contributed by atoms with Gasteiger partial charge in [-0.3, -0.25) is 19.2 Å². The van der Waals surface area contributed by atoms with Crippen molar-refractivity contribution in [1.82, 2.24) is 0 Å². The van der Waals surface area contributed by atoms with Crippen molar-refractivity contribution in [1.29, 1.82) is 0 Å². The highest BCUT2D eigenvalue weighted by Gasteiger charge is 2.51. The van der Waals surface area contributed by atoms with Gasteiger partial charge in [-0.2, -0.15) is 0 Å². The quantitative estimate of drug-likeness (QED) is 0.210. The first-order valence-corrected chi connectivity index (χ1v) is 7.50. The summed E-state index contributed by atoms with van der Waals surface area (Å²) in [7, 11) is 0. The summed E-state index contributed by atoms with van der Waals surface area (Å²) in [6.07, 6.45) is -5.18. The molecule has 0 amide bonds. The third-order valence-electron chi connectivity index (χ3n) is 3.14. The Morgan fingerprint density at radius 1 is 0.923 bits per heavy atom. The van der Waals surface area contributed by atoms with Gasteiger partial charge in [0.1, 0.15) is 18.8 Å². The van der Waals surface area contributed by atoms with Crippen LogP contribution >= 0.6 is 0 Å². The molecule has 0 aliphatic carbocycles. The van der Waals surface area contributed by atoms with E-state index in [1.165, 1.54) is 0 Å². The molecule has 0 radical (unpaired) electrons. The average molecular weight is 373 g/mol. The lowest BCUT2D eigenvalue weighted by atomic mass is 9.97. The van der Waals surface area contributed by atoms with Crippen LogP contribution in [-0.4, -0.2) is 61.1 Å². The molecule has 12 heteroatoms. The van der Waals surface area contributed by atoms with E-state index < -0.39 is 54.5 Å². The molecule has 0 aromatic rings. The lowest BCUT2D eigenvalue weighted by Crippen LogP contribution is -2.61. The van der Waals surface area contributed by atoms with Crippen molar-refractivity contribution in [3.63, 3.8) is 0 Å². The molecule has 5 atom stereocenters. The molecule has 0 saturated carbocycles. The number of hydrogen-bond donors (Lipinski definition) is 0. The number of rotatable bonds is 6. The van der Waals surface area contributed by atoms with Crippen LogP contribution in [0.25, 0.3) is 10.4 Å². The van der Waals surface area contributed by atoms with Gasteiger partial charge in [-0.15, -0.1) is 0 Å². The maximum Gasteiger partial charge on any atom is 0.304 e. The normalized spacial score (nSPS) is 27.5. The second-order valence-electron chi connectivity index (χ2n) is 5.30. The van der Waals surface area contributed by atoms with Crippen molar-refractivity contribution >= 4 is 23.9 Å². The van der Waals surface area contributed by atoms with Crippen LogP contribution in [0.4, 0.5) is 0 Å². The number of esters is 4. The van der Waals surface area contributed by atoms with Gasteiger partial charge in [0.05, 0.1) is 0 Å². The maximum absolute atomic E-state index is 11.5. The lowest BCUT2D eigenvalue weighted by Gasteiger charge is -2.42. The zero-order valence-electron chi connectivity index (χ0n) is 14.6. The predicted octanol–water partition coefficient (Wildman–Crippen LogP) is 0.380. The fourth-order valence-corrected chi connectivity index (χ4v) is 2.33. The fourth-order valence-electron chi connectivity index (χ4n) is 2.33. The topological polar surface area (TPSA) is 163 Å². The van der Waals surface area contributed by atoms with Crippen LogP contribution in [-0.2, 0) is 42.9 Å². The van der Waals surface area contributed by atoms with Gasteiger partial charge in [-0.1, -0.05) is 5.11 Å². The largest absolute Gasteiger partial charge is 0.463 e. The molecule has 12 nitrogen and oxygen atoms in total. The molecular weight excluding hydrogens is 354 g/mol. The van der Waals surface area contributed by atoms with E-state index in [1.807, 2.05) is 0 Å². The first kappa shape index (κ1) is 21.2. The summed E-state index contributed by atoms with van der Waals surface area (Å²) in [5.41, 5.74) is 8.78. The molecule has 0 aromatic carbocycles. The van der Waals surface area contributed by atoms with E-state index in [0.29, 0.717) is 0 Å². The Balaban J connectivity index is 3.28. The summed E-state index contributed by atoms with van der Waals surface area (Å²) in [6.45, 7) is 4.06. The van der Waals surface area contributed by atoms with Crippen LogP contribution in [0.5, 0.6) is 0 Å². The van der Waals surface area contributed by atoms with Crippen molar-refractivity contribution < 1.29 is 42.9 Å². The van der Waals surface area contributed by atoms with Crippen molar-refractivity contribution in [3.8, 4) is 0 Å². The zero-order chi connectivity index (χ0) is 19.9. The van der Waals surface area contributed by atoms with Gasteiger partial charge in [-0.05, 0) is 5.53 Å². The Kier molecular flexibility index (Phi) is 7.81. The SMILES string of the molecule is CC(=O)OCC1O[C@H](OC(C)=O)C(N=[N+]=[N-])[C@@H](OC(C)=O)[C@H]1OC(C)=O. The Labute approximate surface area is 148 Å². The molecule has 0 aromatic heterocycles. The first-order valence-electron chi connectivity index (χ1n) is 7.50. The van der Waals surface area contributed by atoms with E-state index in [2.05, 4.69) is 10.0 Å². The second kappa shape index (κ2) is 9.59. The molecule has 1 rings (SSSR count). The molecule has 0 bridgehead atoms. The highest BCUT2D eigenvalue weighted by atomic mass is 16.7. The zero-order valence-corrected chi connectivity index (χ0v) is 14.6. The van der Waals surface area contributed by atoms with Crippen molar-refractivity contribution in [2.24, 2.45) is 5.11 Å². The van der Waals surface area contributed by atoms with Crippen LogP contribution in [0.15, 0.2) is 5.11 Å². The van der Waals surface area contributed by atoms with Crippen molar-refractivity contribution in [3.05, 3.63) is 10.4 Å². The third kappa shape index (κ3) is 6.22. The minimum atomic E-state index is -1.44. The average Bonchev–Trinajstić information content (AvgIpc) is 2.49. The number of carbonyl (C=O) groups excluding carboxylic acids is 4. The van der Waals surface area contributed by atoms with Crippen molar-refractivity contribution in [2.75, 3.05) is 6.61 Å². The molecule has 2 unspecified atom stereocenters. The van der Waals surface area contributed by atoms with E-state index in [1.54, 1.807) is 0 Å². The van der Waals surface area contributed by atoms with Gasteiger partial charge in [0.2, 0.25) is 6.29 Å². The molecule has 1 saturated heterocycles. The molecule has 0 spiro atoms. The first-order chi connectivity index (χ1) is 12.1. The Hall–Kier alpha value is -2.85. The Bertz CT molecular complexity index is 617. The standard InChI is InChI=1S/C14H19N3O9/c1-6(18)22-5-10-12(23-7(2)19)13(24-8(3)20)11(16-17-15)14(26-10)25-9(4)21/h10-14H,5H2,1-4H3/t10?,11?,12-,13+,14-/m0/s1. The van der Waals surface area contributed by atoms with E-state index in [9.17, 15) is 19.2 Å². The summed E-state index contributed by atoms with van der Waals surface area (Å²) in [5, 5.41) is 3.44. The molecule has 1 fully saturated rings. The van der Waals surface area contributed by atoms with Crippen LogP contribution in [0.3, 0.4) is 0 Å².